The quantitative estimate of drug-likeness (QED) is 0.275. The van der Waals surface area contributed by atoms with Gasteiger partial charge in [0, 0.05) is 0 Å². The molecule has 1 aliphatic carbocycles. The highest BCUT2D eigenvalue weighted by Gasteiger charge is 2.20. The van der Waals surface area contributed by atoms with E-state index in [-0.39, 0.29) is 5.84 Å². The molecule has 0 aromatic heterocycles. The summed E-state index contributed by atoms with van der Waals surface area (Å²) in [6.07, 6.45) is 5.37. The lowest BCUT2D eigenvalue weighted by Crippen LogP contribution is -2.35. The highest BCUT2D eigenvalue weighted by atomic mass is 16.4. The molecular formula is C10H21N3O. The molecule has 4 heteroatoms. The fraction of sp³-hybridized carbons (Fsp3) is 0.900. The van der Waals surface area contributed by atoms with Crippen molar-refractivity contribution in [2.45, 2.75) is 32.6 Å². The van der Waals surface area contributed by atoms with Crippen molar-refractivity contribution in [3.05, 3.63) is 0 Å². The molecule has 0 aromatic carbocycles. The van der Waals surface area contributed by atoms with Gasteiger partial charge in [0.15, 0.2) is 5.84 Å². The van der Waals surface area contributed by atoms with Gasteiger partial charge in [-0.15, -0.1) is 0 Å². The Morgan fingerprint density at radius 1 is 1.50 bits per heavy atom. The lowest BCUT2D eigenvalue weighted by molar-refractivity contribution is 0.250. The largest absolute Gasteiger partial charge is 0.409 e. The summed E-state index contributed by atoms with van der Waals surface area (Å²) in [5, 5.41) is 14.5. The van der Waals surface area contributed by atoms with E-state index in [0.717, 1.165) is 18.4 Å². The van der Waals surface area contributed by atoms with Crippen LogP contribution in [0.3, 0.4) is 0 Å². The van der Waals surface area contributed by atoms with Crippen LogP contribution in [0.15, 0.2) is 5.16 Å². The van der Waals surface area contributed by atoms with E-state index in [4.69, 9.17) is 10.9 Å². The highest BCUT2D eigenvalue weighted by molar-refractivity contribution is 5.81. The monoisotopic (exact) mass is 199 g/mol. The van der Waals surface area contributed by atoms with Crippen LogP contribution in [-0.4, -0.2) is 24.1 Å². The molecule has 4 nitrogen and oxygen atoms in total. The predicted molar refractivity (Wildman–Crippen MR) is 57.4 cm³/mol. The first-order valence-electron chi connectivity index (χ1n) is 5.41. The molecule has 0 aliphatic heterocycles. The van der Waals surface area contributed by atoms with Crippen molar-refractivity contribution in [2.75, 3.05) is 13.1 Å². The third-order valence-corrected chi connectivity index (χ3v) is 3.13. The van der Waals surface area contributed by atoms with E-state index in [1.807, 2.05) is 0 Å². The van der Waals surface area contributed by atoms with Crippen molar-refractivity contribution in [2.24, 2.45) is 22.7 Å². The molecule has 0 saturated heterocycles. The molecular weight excluding hydrogens is 178 g/mol. The summed E-state index contributed by atoms with van der Waals surface area (Å²) in [5.41, 5.74) is 5.36. The van der Waals surface area contributed by atoms with E-state index in [9.17, 15) is 0 Å². The number of amidine groups is 1. The summed E-state index contributed by atoms with van der Waals surface area (Å²) in [4.78, 5) is 0. The molecule has 1 rings (SSSR count). The minimum atomic E-state index is 0.258. The maximum Gasteiger partial charge on any atom is 0.153 e. The number of nitrogens with zero attached hydrogens (tertiary/aromatic N) is 1. The molecule has 1 fully saturated rings. The van der Waals surface area contributed by atoms with Gasteiger partial charge >= 0.3 is 0 Å². The Morgan fingerprint density at radius 2 is 2.21 bits per heavy atom. The highest BCUT2D eigenvalue weighted by Crippen LogP contribution is 2.28. The van der Waals surface area contributed by atoms with Crippen LogP contribution in [0.2, 0.25) is 0 Å². The van der Waals surface area contributed by atoms with Crippen LogP contribution in [0.25, 0.3) is 0 Å². The number of nitrogens with one attached hydrogen (secondary N) is 1. The molecule has 2 unspecified atom stereocenters. The van der Waals surface area contributed by atoms with E-state index in [1.165, 1.54) is 25.7 Å². The molecule has 0 bridgehead atoms. The van der Waals surface area contributed by atoms with Crippen LogP contribution in [0, 0.1) is 11.8 Å². The van der Waals surface area contributed by atoms with Crippen molar-refractivity contribution in [3.8, 4) is 0 Å². The third-order valence-electron chi connectivity index (χ3n) is 3.13. The van der Waals surface area contributed by atoms with Gasteiger partial charge in [-0.2, -0.15) is 0 Å². The Hall–Kier alpha value is -0.770. The fourth-order valence-electron chi connectivity index (χ4n) is 2.12. The molecule has 0 aromatic rings. The Labute approximate surface area is 85.6 Å². The van der Waals surface area contributed by atoms with Crippen LogP contribution >= 0.6 is 0 Å². The first-order valence-corrected chi connectivity index (χ1v) is 5.41. The first kappa shape index (κ1) is 11.3. The van der Waals surface area contributed by atoms with Crippen molar-refractivity contribution in [1.82, 2.24) is 5.32 Å². The van der Waals surface area contributed by atoms with E-state index in [0.29, 0.717) is 6.54 Å². The zero-order valence-electron chi connectivity index (χ0n) is 8.87. The fourth-order valence-corrected chi connectivity index (χ4v) is 2.12. The van der Waals surface area contributed by atoms with Crippen molar-refractivity contribution in [1.29, 1.82) is 0 Å². The number of hydrogen-bond acceptors (Lipinski definition) is 3. The summed E-state index contributed by atoms with van der Waals surface area (Å²) in [6, 6.07) is 0. The zero-order valence-corrected chi connectivity index (χ0v) is 8.87. The standard InChI is InChI=1S/C10H21N3O/c1-8-4-2-3-5-9(8)6-12-7-10(11)13-14/h8-9,12,14H,2-7H2,1H3,(H2,11,13). The van der Waals surface area contributed by atoms with Crippen LogP contribution in [0.4, 0.5) is 0 Å². The lowest BCUT2D eigenvalue weighted by atomic mass is 9.80. The van der Waals surface area contributed by atoms with Crippen LogP contribution < -0.4 is 11.1 Å². The summed E-state index contributed by atoms with van der Waals surface area (Å²) in [6.45, 7) is 3.78. The van der Waals surface area contributed by atoms with Crippen LogP contribution in [-0.2, 0) is 0 Å². The second-order valence-corrected chi connectivity index (χ2v) is 4.24. The number of hydrogen-bond donors (Lipinski definition) is 3. The molecule has 1 aliphatic rings. The molecule has 82 valence electrons. The second kappa shape index (κ2) is 5.86. The molecule has 14 heavy (non-hydrogen) atoms. The van der Waals surface area contributed by atoms with Gasteiger partial charge in [-0.1, -0.05) is 31.3 Å². The first-order chi connectivity index (χ1) is 6.74. The molecule has 0 spiro atoms. The van der Waals surface area contributed by atoms with Gasteiger partial charge < -0.3 is 16.3 Å². The molecule has 2 atom stereocenters. The van der Waals surface area contributed by atoms with Gasteiger partial charge in [0.25, 0.3) is 0 Å². The Kier molecular flexibility index (Phi) is 4.73. The van der Waals surface area contributed by atoms with Crippen LogP contribution in [0.1, 0.15) is 32.6 Å². The number of oxime groups is 1. The van der Waals surface area contributed by atoms with E-state index < -0.39 is 0 Å². The summed E-state index contributed by atoms with van der Waals surface area (Å²) in [7, 11) is 0. The molecule has 1 saturated carbocycles. The van der Waals surface area contributed by atoms with Gasteiger partial charge in [-0.25, -0.2) is 0 Å². The minimum absolute atomic E-state index is 0.258. The lowest BCUT2D eigenvalue weighted by Gasteiger charge is -2.28. The SMILES string of the molecule is CC1CCCCC1CNCC(N)=NO. The second-order valence-electron chi connectivity index (χ2n) is 4.24. The number of rotatable bonds is 4. The van der Waals surface area contributed by atoms with Crippen LogP contribution in [0.5, 0.6) is 0 Å². The van der Waals surface area contributed by atoms with Gasteiger partial charge in [0.1, 0.15) is 0 Å². The van der Waals surface area contributed by atoms with Gasteiger partial charge in [-0.05, 0) is 24.8 Å². The average molecular weight is 199 g/mol. The molecule has 0 radical (unpaired) electrons. The Balaban J connectivity index is 2.16. The Morgan fingerprint density at radius 3 is 2.86 bits per heavy atom. The van der Waals surface area contributed by atoms with Gasteiger partial charge in [0.2, 0.25) is 0 Å². The maximum absolute atomic E-state index is 8.35. The zero-order chi connectivity index (χ0) is 10.4. The van der Waals surface area contributed by atoms with E-state index in [1.54, 1.807) is 0 Å². The summed E-state index contributed by atoms with van der Waals surface area (Å²) < 4.78 is 0. The Bertz CT molecular complexity index is 194. The van der Waals surface area contributed by atoms with E-state index in [2.05, 4.69) is 17.4 Å². The average Bonchev–Trinajstić information content (AvgIpc) is 2.20. The third kappa shape index (κ3) is 3.54. The smallest absolute Gasteiger partial charge is 0.153 e. The normalized spacial score (nSPS) is 29.1. The topological polar surface area (TPSA) is 70.6 Å². The maximum atomic E-state index is 8.35. The molecule has 0 heterocycles. The van der Waals surface area contributed by atoms with Gasteiger partial charge in [-0.3, -0.25) is 0 Å². The molecule has 0 amide bonds. The minimum Gasteiger partial charge on any atom is -0.409 e. The van der Waals surface area contributed by atoms with E-state index >= 15 is 0 Å². The van der Waals surface area contributed by atoms with Crippen molar-refractivity contribution in [3.63, 3.8) is 0 Å². The molecule has 4 N–H and O–H groups in total. The summed E-state index contributed by atoms with van der Waals surface area (Å²) >= 11 is 0. The predicted octanol–water partition coefficient (Wildman–Crippen LogP) is 1.15. The van der Waals surface area contributed by atoms with Crippen molar-refractivity contribution >= 4 is 5.84 Å². The van der Waals surface area contributed by atoms with Gasteiger partial charge in [0.05, 0.1) is 6.54 Å². The summed E-state index contributed by atoms with van der Waals surface area (Å²) in [5.74, 6) is 1.83. The number of nitrogens with two attached hydrogens (primary N) is 1. The van der Waals surface area contributed by atoms with Crippen molar-refractivity contribution < 1.29 is 5.21 Å².